The van der Waals surface area contributed by atoms with Gasteiger partial charge in [0.25, 0.3) is 0 Å². The fourth-order valence-corrected chi connectivity index (χ4v) is 3.37. The van der Waals surface area contributed by atoms with Gasteiger partial charge >= 0.3 is 5.97 Å². The average Bonchev–Trinajstić information content (AvgIpc) is 2.93. The van der Waals surface area contributed by atoms with Crippen molar-refractivity contribution < 1.29 is 14.3 Å². The van der Waals surface area contributed by atoms with E-state index in [0.717, 1.165) is 34.0 Å². The van der Waals surface area contributed by atoms with E-state index in [9.17, 15) is 4.79 Å². The van der Waals surface area contributed by atoms with Crippen molar-refractivity contribution in [2.24, 2.45) is 0 Å². The van der Waals surface area contributed by atoms with E-state index in [2.05, 4.69) is 4.57 Å². The van der Waals surface area contributed by atoms with Crippen molar-refractivity contribution >= 4 is 5.97 Å². The van der Waals surface area contributed by atoms with Crippen molar-refractivity contribution in [2.75, 3.05) is 13.7 Å². The second-order valence-electron chi connectivity index (χ2n) is 6.04. The molecule has 0 atom stereocenters. The summed E-state index contributed by atoms with van der Waals surface area (Å²) in [4.78, 5) is 12.7. The summed E-state index contributed by atoms with van der Waals surface area (Å²) in [5.41, 5.74) is 5.38. The molecular formula is C22H23NO3. The van der Waals surface area contributed by atoms with E-state index in [1.165, 1.54) is 0 Å². The van der Waals surface area contributed by atoms with Crippen LogP contribution in [0.3, 0.4) is 0 Å². The first kappa shape index (κ1) is 17.8. The minimum atomic E-state index is -0.292. The Morgan fingerprint density at radius 2 is 1.62 bits per heavy atom. The van der Waals surface area contributed by atoms with Gasteiger partial charge in [-0.3, -0.25) is 0 Å². The highest BCUT2D eigenvalue weighted by Crippen LogP contribution is 2.35. The van der Waals surface area contributed by atoms with Crippen molar-refractivity contribution in [1.82, 2.24) is 4.57 Å². The van der Waals surface area contributed by atoms with Crippen LogP contribution in [0.4, 0.5) is 0 Å². The molecule has 0 aliphatic heterocycles. The largest absolute Gasteiger partial charge is 0.497 e. The first-order valence-electron chi connectivity index (χ1n) is 8.67. The van der Waals surface area contributed by atoms with Crippen LogP contribution in [0.2, 0.25) is 0 Å². The van der Waals surface area contributed by atoms with E-state index in [1.807, 2.05) is 75.4 Å². The highest BCUT2D eigenvalue weighted by Gasteiger charge is 2.25. The molecule has 0 unspecified atom stereocenters. The molecule has 0 saturated carbocycles. The molecule has 134 valence electrons. The van der Waals surface area contributed by atoms with Crippen molar-refractivity contribution in [1.29, 1.82) is 0 Å². The molecule has 0 fully saturated rings. The van der Waals surface area contributed by atoms with E-state index in [4.69, 9.17) is 9.47 Å². The van der Waals surface area contributed by atoms with E-state index in [1.54, 1.807) is 7.11 Å². The Morgan fingerprint density at radius 3 is 2.19 bits per heavy atom. The Labute approximate surface area is 154 Å². The van der Waals surface area contributed by atoms with Crippen molar-refractivity contribution in [3.63, 3.8) is 0 Å². The Morgan fingerprint density at radius 1 is 0.962 bits per heavy atom. The fraction of sp³-hybridized carbons (Fsp3) is 0.227. The number of ether oxygens (including phenoxy) is 2. The number of esters is 1. The van der Waals surface area contributed by atoms with E-state index < -0.39 is 0 Å². The Balaban J connectivity index is 2.24. The molecule has 0 spiro atoms. The first-order valence-corrected chi connectivity index (χ1v) is 8.67. The van der Waals surface area contributed by atoms with Gasteiger partial charge in [0, 0.05) is 22.6 Å². The third-order valence-corrected chi connectivity index (χ3v) is 4.52. The molecule has 0 aliphatic rings. The standard InChI is InChI=1S/C22H23NO3/c1-5-26-22(24)21-16(3)23(18-11-13-19(25-4)14-12-18)15(2)20(21)17-9-7-6-8-10-17/h6-14H,5H2,1-4H3. The third-order valence-electron chi connectivity index (χ3n) is 4.52. The van der Waals surface area contributed by atoms with Crippen LogP contribution in [0, 0.1) is 13.8 Å². The number of hydrogen-bond acceptors (Lipinski definition) is 3. The summed E-state index contributed by atoms with van der Waals surface area (Å²) in [5, 5.41) is 0. The van der Waals surface area contributed by atoms with Gasteiger partial charge in [-0.25, -0.2) is 4.79 Å². The third kappa shape index (κ3) is 3.10. The lowest BCUT2D eigenvalue weighted by Gasteiger charge is -2.11. The summed E-state index contributed by atoms with van der Waals surface area (Å²) in [7, 11) is 1.65. The zero-order chi connectivity index (χ0) is 18.7. The molecule has 0 radical (unpaired) electrons. The number of hydrogen-bond donors (Lipinski definition) is 0. The van der Waals surface area contributed by atoms with Crippen LogP contribution in [0.25, 0.3) is 16.8 Å². The Hall–Kier alpha value is -3.01. The lowest BCUT2D eigenvalue weighted by molar-refractivity contribution is 0.0526. The number of carbonyl (C=O) groups excluding carboxylic acids is 1. The van der Waals surface area contributed by atoms with Crippen LogP contribution < -0.4 is 4.74 Å². The van der Waals surface area contributed by atoms with Gasteiger partial charge in [0.2, 0.25) is 0 Å². The zero-order valence-corrected chi connectivity index (χ0v) is 15.6. The van der Waals surface area contributed by atoms with Crippen LogP contribution >= 0.6 is 0 Å². The minimum absolute atomic E-state index is 0.292. The monoisotopic (exact) mass is 349 g/mol. The highest BCUT2D eigenvalue weighted by molar-refractivity contribution is 6.00. The van der Waals surface area contributed by atoms with E-state index in [-0.39, 0.29) is 5.97 Å². The van der Waals surface area contributed by atoms with Crippen LogP contribution in [0.15, 0.2) is 54.6 Å². The van der Waals surface area contributed by atoms with Crippen molar-refractivity contribution in [3.05, 3.63) is 71.5 Å². The van der Waals surface area contributed by atoms with Crippen LogP contribution in [-0.4, -0.2) is 24.3 Å². The van der Waals surface area contributed by atoms with Crippen LogP contribution in [-0.2, 0) is 4.74 Å². The van der Waals surface area contributed by atoms with Gasteiger partial charge in [0.15, 0.2) is 0 Å². The van der Waals surface area contributed by atoms with Crippen LogP contribution in [0.1, 0.15) is 28.7 Å². The number of rotatable bonds is 5. The molecule has 0 aliphatic carbocycles. The van der Waals surface area contributed by atoms with E-state index >= 15 is 0 Å². The molecule has 2 aromatic carbocycles. The molecule has 0 saturated heterocycles. The summed E-state index contributed by atoms with van der Waals surface area (Å²) in [6.07, 6.45) is 0. The second kappa shape index (κ2) is 7.48. The molecule has 26 heavy (non-hydrogen) atoms. The molecule has 0 N–H and O–H groups in total. The number of benzene rings is 2. The molecule has 3 aromatic rings. The number of nitrogens with zero attached hydrogens (tertiary/aromatic N) is 1. The van der Waals surface area contributed by atoms with Crippen LogP contribution in [0.5, 0.6) is 5.75 Å². The highest BCUT2D eigenvalue weighted by atomic mass is 16.5. The lowest BCUT2D eigenvalue weighted by Crippen LogP contribution is -2.07. The topological polar surface area (TPSA) is 40.5 Å². The van der Waals surface area contributed by atoms with Gasteiger partial charge in [-0.2, -0.15) is 0 Å². The molecule has 0 bridgehead atoms. The minimum Gasteiger partial charge on any atom is -0.497 e. The smallest absolute Gasteiger partial charge is 0.340 e. The van der Waals surface area contributed by atoms with Gasteiger partial charge in [-0.15, -0.1) is 0 Å². The maximum atomic E-state index is 12.7. The molecule has 3 rings (SSSR count). The number of aromatic nitrogens is 1. The SMILES string of the molecule is CCOC(=O)c1c(-c2ccccc2)c(C)n(-c2ccc(OC)cc2)c1C. The van der Waals surface area contributed by atoms with E-state index in [0.29, 0.717) is 12.2 Å². The quantitative estimate of drug-likeness (QED) is 0.612. The van der Waals surface area contributed by atoms with Gasteiger partial charge in [-0.1, -0.05) is 30.3 Å². The predicted molar refractivity (Wildman–Crippen MR) is 103 cm³/mol. The summed E-state index contributed by atoms with van der Waals surface area (Å²) in [6, 6.07) is 17.8. The molecule has 1 heterocycles. The molecule has 1 aromatic heterocycles. The summed E-state index contributed by atoms with van der Waals surface area (Å²) < 4.78 is 12.7. The molecule has 0 amide bonds. The molecule has 4 heteroatoms. The van der Waals surface area contributed by atoms with Gasteiger partial charge < -0.3 is 14.0 Å². The summed E-state index contributed by atoms with van der Waals surface area (Å²) >= 11 is 0. The van der Waals surface area contributed by atoms with Gasteiger partial charge in [0.1, 0.15) is 5.75 Å². The predicted octanol–water partition coefficient (Wildman–Crippen LogP) is 4.95. The Kier molecular flexibility index (Phi) is 5.12. The second-order valence-corrected chi connectivity index (χ2v) is 6.04. The van der Waals surface area contributed by atoms with Gasteiger partial charge in [-0.05, 0) is 50.6 Å². The van der Waals surface area contributed by atoms with Crippen molar-refractivity contribution in [2.45, 2.75) is 20.8 Å². The number of carbonyl (C=O) groups is 1. The Bertz CT molecular complexity index is 909. The maximum Gasteiger partial charge on any atom is 0.340 e. The average molecular weight is 349 g/mol. The summed E-state index contributed by atoms with van der Waals surface area (Å²) in [5.74, 6) is 0.504. The normalized spacial score (nSPS) is 10.6. The zero-order valence-electron chi connectivity index (χ0n) is 15.6. The van der Waals surface area contributed by atoms with Gasteiger partial charge in [0.05, 0.1) is 19.3 Å². The maximum absolute atomic E-state index is 12.7. The summed E-state index contributed by atoms with van der Waals surface area (Å²) in [6.45, 7) is 6.15. The lowest BCUT2D eigenvalue weighted by atomic mass is 10.0. The number of methoxy groups -OCH3 is 1. The first-order chi connectivity index (χ1) is 12.6. The molecule has 4 nitrogen and oxygen atoms in total. The fourth-order valence-electron chi connectivity index (χ4n) is 3.37. The molecular weight excluding hydrogens is 326 g/mol. The van der Waals surface area contributed by atoms with Crippen molar-refractivity contribution in [3.8, 4) is 22.6 Å².